The third-order valence-corrected chi connectivity index (χ3v) is 3.76. The summed E-state index contributed by atoms with van der Waals surface area (Å²) in [6.45, 7) is 5.54. The van der Waals surface area contributed by atoms with E-state index in [0.717, 1.165) is 6.42 Å². The molecule has 1 atom stereocenters. The van der Waals surface area contributed by atoms with Crippen molar-refractivity contribution in [2.24, 2.45) is 11.1 Å². The molecular weight excluding hydrogens is 267 g/mol. The van der Waals surface area contributed by atoms with Gasteiger partial charge < -0.3 is 10.6 Å². The zero-order valence-electron chi connectivity index (χ0n) is 11.3. The first kappa shape index (κ1) is 15.9. The van der Waals surface area contributed by atoms with Gasteiger partial charge in [0.2, 0.25) is 0 Å². The van der Waals surface area contributed by atoms with Crippen LogP contribution in [0.1, 0.15) is 29.3 Å². The second-order valence-electron chi connectivity index (χ2n) is 5.43. The molecule has 1 fully saturated rings. The third-order valence-electron chi connectivity index (χ3n) is 3.76. The number of hydrogen-bond acceptors (Lipinski definition) is 2. The lowest BCUT2D eigenvalue weighted by Gasteiger charge is -2.22. The molecule has 19 heavy (non-hydrogen) atoms. The van der Waals surface area contributed by atoms with E-state index in [1.54, 1.807) is 30.0 Å². The lowest BCUT2D eigenvalue weighted by Crippen LogP contribution is -2.34. The maximum Gasteiger partial charge on any atom is 0.256 e. The van der Waals surface area contributed by atoms with E-state index in [0.29, 0.717) is 25.2 Å². The summed E-state index contributed by atoms with van der Waals surface area (Å²) in [6.07, 6.45) is 0.878. The van der Waals surface area contributed by atoms with E-state index < -0.39 is 5.82 Å². The van der Waals surface area contributed by atoms with Gasteiger partial charge in [-0.05, 0) is 36.9 Å². The highest BCUT2D eigenvalue weighted by Crippen LogP contribution is 2.30. The number of benzene rings is 1. The van der Waals surface area contributed by atoms with Crippen LogP contribution < -0.4 is 5.73 Å². The Morgan fingerprint density at radius 2 is 2.21 bits per heavy atom. The molecule has 1 aromatic rings. The van der Waals surface area contributed by atoms with Crippen molar-refractivity contribution in [1.29, 1.82) is 0 Å². The van der Waals surface area contributed by atoms with Crippen molar-refractivity contribution in [1.82, 2.24) is 4.90 Å². The molecule has 1 unspecified atom stereocenters. The fraction of sp³-hybridized carbons (Fsp3) is 0.500. The monoisotopic (exact) mass is 286 g/mol. The van der Waals surface area contributed by atoms with Crippen LogP contribution in [0.3, 0.4) is 0 Å². The van der Waals surface area contributed by atoms with Crippen molar-refractivity contribution in [2.45, 2.75) is 20.3 Å². The Morgan fingerprint density at radius 1 is 1.53 bits per heavy atom. The molecule has 0 spiro atoms. The highest BCUT2D eigenvalue weighted by molar-refractivity contribution is 5.95. The van der Waals surface area contributed by atoms with E-state index in [1.807, 2.05) is 0 Å². The molecule has 3 nitrogen and oxygen atoms in total. The van der Waals surface area contributed by atoms with Crippen LogP contribution >= 0.6 is 12.4 Å². The highest BCUT2D eigenvalue weighted by Gasteiger charge is 2.35. The van der Waals surface area contributed by atoms with Crippen LogP contribution in [0.15, 0.2) is 18.2 Å². The first-order valence-corrected chi connectivity index (χ1v) is 6.21. The lowest BCUT2D eigenvalue weighted by atomic mass is 9.90. The molecule has 5 heteroatoms. The summed E-state index contributed by atoms with van der Waals surface area (Å²) in [6, 6.07) is 4.92. The van der Waals surface area contributed by atoms with E-state index >= 15 is 0 Å². The predicted molar refractivity (Wildman–Crippen MR) is 76.1 cm³/mol. The predicted octanol–water partition coefficient (Wildman–Crippen LogP) is 2.37. The molecular formula is C14H20ClFN2O. The van der Waals surface area contributed by atoms with Crippen LogP contribution in [0.25, 0.3) is 0 Å². The van der Waals surface area contributed by atoms with E-state index in [4.69, 9.17) is 5.73 Å². The number of rotatable bonds is 2. The number of carbonyl (C=O) groups is 1. The molecule has 106 valence electrons. The molecule has 0 saturated carbocycles. The van der Waals surface area contributed by atoms with Crippen molar-refractivity contribution in [2.75, 3.05) is 19.6 Å². The van der Waals surface area contributed by atoms with Gasteiger partial charge >= 0.3 is 0 Å². The molecule has 0 aliphatic carbocycles. The zero-order chi connectivity index (χ0) is 13.3. The summed E-state index contributed by atoms with van der Waals surface area (Å²) in [5.41, 5.74) is 6.34. The molecule has 1 amide bonds. The number of nitrogens with zero attached hydrogens (tertiary/aromatic N) is 1. The molecule has 1 aromatic carbocycles. The SMILES string of the molecule is Cc1cccc(C(=O)N2CCC(C)(CN)C2)c1F.Cl. The molecule has 1 aliphatic rings. The van der Waals surface area contributed by atoms with Crippen molar-refractivity contribution < 1.29 is 9.18 Å². The Kier molecular flexibility index (Phi) is 4.93. The Balaban J connectivity index is 0.00000180. The quantitative estimate of drug-likeness (QED) is 0.907. The molecule has 2 rings (SSSR count). The topological polar surface area (TPSA) is 46.3 Å². The zero-order valence-corrected chi connectivity index (χ0v) is 12.1. The van der Waals surface area contributed by atoms with Crippen LogP contribution in [-0.2, 0) is 0 Å². The maximum absolute atomic E-state index is 13.9. The second-order valence-corrected chi connectivity index (χ2v) is 5.43. The Hall–Kier alpha value is -1.13. The molecule has 1 saturated heterocycles. The maximum atomic E-state index is 13.9. The number of hydrogen-bond donors (Lipinski definition) is 1. The number of likely N-dealkylation sites (tertiary alicyclic amines) is 1. The van der Waals surface area contributed by atoms with Gasteiger partial charge in [-0.3, -0.25) is 4.79 Å². The second kappa shape index (κ2) is 5.88. The van der Waals surface area contributed by atoms with Crippen LogP contribution in [0.4, 0.5) is 4.39 Å². The van der Waals surface area contributed by atoms with E-state index in [2.05, 4.69) is 6.92 Å². The lowest BCUT2D eigenvalue weighted by molar-refractivity contribution is 0.0772. The summed E-state index contributed by atoms with van der Waals surface area (Å²) in [5.74, 6) is -0.641. The number of halogens is 2. The Morgan fingerprint density at radius 3 is 2.79 bits per heavy atom. The van der Waals surface area contributed by atoms with Gasteiger partial charge in [0, 0.05) is 13.1 Å². The highest BCUT2D eigenvalue weighted by atomic mass is 35.5. The van der Waals surface area contributed by atoms with E-state index in [1.165, 1.54) is 0 Å². The summed E-state index contributed by atoms with van der Waals surface area (Å²) in [5, 5.41) is 0. The van der Waals surface area contributed by atoms with Crippen LogP contribution in [0, 0.1) is 18.2 Å². The van der Waals surface area contributed by atoms with Crippen molar-refractivity contribution in [3.05, 3.63) is 35.1 Å². The van der Waals surface area contributed by atoms with Gasteiger partial charge in [-0.1, -0.05) is 19.1 Å². The average Bonchev–Trinajstić information content (AvgIpc) is 2.75. The van der Waals surface area contributed by atoms with Gasteiger partial charge in [0.1, 0.15) is 5.82 Å². The molecule has 0 aromatic heterocycles. The molecule has 0 bridgehead atoms. The summed E-state index contributed by atoms with van der Waals surface area (Å²) in [7, 11) is 0. The summed E-state index contributed by atoms with van der Waals surface area (Å²) in [4.78, 5) is 14.0. The van der Waals surface area contributed by atoms with Gasteiger partial charge in [-0.2, -0.15) is 0 Å². The number of carbonyl (C=O) groups excluding carboxylic acids is 1. The van der Waals surface area contributed by atoms with Gasteiger partial charge in [-0.25, -0.2) is 4.39 Å². The van der Waals surface area contributed by atoms with Gasteiger partial charge in [-0.15, -0.1) is 12.4 Å². The van der Waals surface area contributed by atoms with Gasteiger partial charge in [0.25, 0.3) is 5.91 Å². The Labute approximate surface area is 119 Å². The normalized spacial score (nSPS) is 22.2. The first-order valence-electron chi connectivity index (χ1n) is 6.21. The van der Waals surface area contributed by atoms with Crippen molar-refractivity contribution in [3.8, 4) is 0 Å². The fourth-order valence-corrected chi connectivity index (χ4v) is 2.35. The van der Waals surface area contributed by atoms with Gasteiger partial charge in [0.15, 0.2) is 0 Å². The first-order chi connectivity index (χ1) is 8.47. The van der Waals surface area contributed by atoms with Crippen LogP contribution in [0.5, 0.6) is 0 Å². The number of amides is 1. The van der Waals surface area contributed by atoms with Gasteiger partial charge in [0.05, 0.1) is 5.56 Å². The van der Waals surface area contributed by atoms with E-state index in [-0.39, 0.29) is 29.3 Å². The number of aryl methyl sites for hydroxylation is 1. The standard InChI is InChI=1S/C14H19FN2O.ClH/c1-10-4-3-5-11(12(10)15)13(18)17-7-6-14(2,8-16)9-17;/h3-5H,6-9,16H2,1-2H3;1H. The van der Waals surface area contributed by atoms with E-state index in [9.17, 15) is 9.18 Å². The van der Waals surface area contributed by atoms with Crippen molar-refractivity contribution >= 4 is 18.3 Å². The number of nitrogens with two attached hydrogens (primary N) is 1. The average molecular weight is 287 g/mol. The summed E-state index contributed by atoms with van der Waals surface area (Å²) >= 11 is 0. The Bertz CT molecular complexity index is 481. The molecule has 1 heterocycles. The van der Waals surface area contributed by atoms with Crippen LogP contribution in [0.2, 0.25) is 0 Å². The minimum absolute atomic E-state index is 0. The van der Waals surface area contributed by atoms with Crippen molar-refractivity contribution in [3.63, 3.8) is 0 Å². The van der Waals surface area contributed by atoms with Crippen LogP contribution in [-0.4, -0.2) is 30.4 Å². The minimum atomic E-state index is -0.413. The minimum Gasteiger partial charge on any atom is -0.338 e. The molecule has 1 aliphatic heterocycles. The smallest absolute Gasteiger partial charge is 0.256 e. The molecule has 2 N–H and O–H groups in total. The summed E-state index contributed by atoms with van der Waals surface area (Å²) < 4.78 is 13.9. The fourth-order valence-electron chi connectivity index (χ4n) is 2.35. The largest absolute Gasteiger partial charge is 0.338 e. The molecule has 0 radical (unpaired) electrons. The third kappa shape index (κ3) is 3.07.